The van der Waals surface area contributed by atoms with E-state index in [1.807, 2.05) is 0 Å². The van der Waals surface area contributed by atoms with Crippen LogP contribution in [0.25, 0.3) is 0 Å². The fourth-order valence-electron chi connectivity index (χ4n) is 2.31. The minimum atomic E-state index is -2.71. The van der Waals surface area contributed by atoms with Gasteiger partial charge in [-0.1, -0.05) is 13.8 Å². The maximum absolute atomic E-state index is 11.3. The van der Waals surface area contributed by atoms with Crippen molar-refractivity contribution >= 4 is 9.84 Å². The summed E-state index contributed by atoms with van der Waals surface area (Å²) in [5, 5.41) is 3.38. The molecule has 102 valence electrons. The number of rotatable bonds is 8. The van der Waals surface area contributed by atoms with Crippen LogP contribution in [0.3, 0.4) is 0 Å². The lowest BCUT2D eigenvalue weighted by molar-refractivity contribution is 0.297. The molecule has 1 saturated heterocycles. The van der Waals surface area contributed by atoms with Crippen molar-refractivity contribution < 1.29 is 8.42 Å². The fourth-order valence-corrected chi connectivity index (χ4v) is 4.17. The van der Waals surface area contributed by atoms with Gasteiger partial charge in [-0.05, 0) is 51.5 Å². The number of hydrogen-bond acceptors (Lipinski definition) is 4. The van der Waals surface area contributed by atoms with Gasteiger partial charge in [0.05, 0.1) is 11.5 Å². The molecule has 0 aliphatic carbocycles. The predicted octanol–water partition coefficient (Wildman–Crippen LogP) is 0.743. The molecule has 5 heteroatoms. The number of nitrogens with zero attached hydrogens (tertiary/aromatic N) is 1. The summed E-state index contributed by atoms with van der Waals surface area (Å²) in [7, 11) is -2.71. The second-order valence-corrected chi connectivity index (χ2v) is 7.08. The Morgan fingerprint density at radius 2 is 2.00 bits per heavy atom. The molecule has 1 N–H and O–H groups in total. The Bertz CT molecular complexity index is 300. The number of hydrogen-bond donors (Lipinski definition) is 1. The van der Waals surface area contributed by atoms with Crippen molar-refractivity contribution in [1.29, 1.82) is 0 Å². The van der Waals surface area contributed by atoms with E-state index in [0.29, 0.717) is 17.4 Å². The molecule has 1 rings (SSSR count). The summed E-state index contributed by atoms with van der Waals surface area (Å²) in [6, 6.07) is 0. The van der Waals surface area contributed by atoms with Gasteiger partial charge in [-0.15, -0.1) is 0 Å². The van der Waals surface area contributed by atoms with Crippen LogP contribution in [0.5, 0.6) is 0 Å². The van der Waals surface area contributed by atoms with Gasteiger partial charge < -0.3 is 10.2 Å². The Kier molecular flexibility index (Phi) is 6.44. The van der Waals surface area contributed by atoms with Gasteiger partial charge in [0.25, 0.3) is 0 Å². The summed E-state index contributed by atoms with van der Waals surface area (Å²) in [5.74, 6) is 1.11. The lowest BCUT2D eigenvalue weighted by atomic mass is 10.1. The molecular formula is C12H26N2O2S. The molecule has 0 aromatic rings. The molecule has 1 aliphatic rings. The molecule has 0 aromatic heterocycles. The van der Waals surface area contributed by atoms with Crippen LogP contribution in [0, 0.1) is 5.92 Å². The van der Waals surface area contributed by atoms with Crippen LogP contribution in [0.15, 0.2) is 0 Å². The van der Waals surface area contributed by atoms with Crippen molar-refractivity contribution in [3.05, 3.63) is 0 Å². The Hall–Kier alpha value is -0.130. The summed E-state index contributed by atoms with van der Waals surface area (Å²) in [6.07, 6.45) is 1.98. The predicted molar refractivity (Wildman–Crippen MR) is 72.0 cm³/mol. The molecule has 0 aromatic carbocycles. The quantitative estimate of drug-likeness (QED) is 0.656. The van der Waals surface area contributed by atoms with Gasteiger partial charge in [-0.25, -0.2) is 8.42 Å². The maximum Gasteiger partial charge on any atom is 0.150 e. The van der Waals surface area contributed by atoms with E-state index in [4.69, 9.17) is 0 Å². The zero-order valence-corrected chi connectivity index (χ0v) is 11.9. The molecule has 1 aliphatic heterocycles. The first-order chi connectivity index (χ1) is 8.07. The van der Waals surface area contributed by atoms with Crippen LogP contribution in [-0.4, -0.2) is 57.5 Å². The Labute approximate surface area is 106 Å². The minimum Gasteiger partial charge on any atom is -0.316 e. The van der Waals surface area contributed by atoms with Crippen LogP contribution in [0.2, 0.25) is 0 Å². The Morgan fingerprint density at radius 1 is 1.29 bits per heavy atom. The van der Waals surface area contributed by atoms with Gasteiger partial charge in [0.2, 0.25) is 0 Å². The molecule has 0 spiro atoms. The molecule has 0 saturated carbocycles. The molecule has 1 atom stereocenters. The second-order valence-electron chi connectivity index (χ2n) is 4.85. The lowest BCUT2D eigenvalue weighted by Crippen LogP contribution is -2.29. The van der Waals surface area contributed by atoms with Crippen molar-refractivity contribution in [1.82, 2.24) is 10.2 Å². The fraction of sp³-hybridized carbons (Fsp3) is 1.00. The van der Waals surface area contributed by atoms with E-state index in [9.17, 15) is 8.42 Å². The number of sulfone groups is 1. The average Bonchev–Trinajstić information content (AvgIpc) is 2.63. The van der Waals surface area contributed by atoms with Crippen LogP contribution in [-0.2, 0) is 9.84 Å². The standard InChI is InChI=1S/C12H26N2O2S/c1-3-14(4-2)8-5-7-13-10-12-6-9-17(15,16)11-12/h12-13H,3-11H2,1-2H3. The number of nitrogens with one attached hydrogen (secondary N) is 1. The van der Waals surface area contributed by atoms with E-state index in [1.165, 1.54) is 0 Å². The molecule has 1 fully saturated rings. The Balaban J connectivity index is 2.02. The van der Waals surface area contributed by atoms with E-state index in [-0.39, 0.29) is 0 Å². The monoisotopic (exact) mass is 262 g/mol. The van der Waals surface area contributed by atoms with E-state index in [2.05, 4.69) is 24.1 Å². The van der Waals surface area contributed by atoms with Gasteiger partial charge in [-0.2, -0.15) is 0 Å². The lowest BCUT2D eigenvalue weighted by Gasteiger charge is -2.18. The molecule has 4 nitrogen and oxygen atoms in total. The molecule has 0 amide bonds. The normalized spacial score (nSPS) is 23.4. The highest BCUT2D eigenvalue weighted by Crippen LogP contribution is 2.17. The van der Waals surface area contributed by atoms with E-state index < -0.39 is 9.84 Å². The van der Waals surface area contributed by atoms with Crippen molar-refractivity contribution in [3.63, 3.8) is 0 Å². The van der Waals surface area contributed by atoms with E-state index >= 15 is 0 Å². The van der Waals surface area contributed by atoms with Gasteiger partial charge in [-0.3, -0.25) is 0 Å². The highest BCUT2D eigenvalue weighted by atomic mass is 32.2. The van der Waals surface area contributed by atoms with Gasteiger partial charge in [0, 0.05) is 0 Å². The van der Waals surface area contributed by atoms with Crippen molar-refractivity contribution in [2.24, 2.45) is 5.92 Å². The summed E-state index contributed by atoms with van der Waals surface area (Å²) < 4.78 is 22.5. The zero-order valence-electron chi connectivity index (χ0n) is 11.1. The first-order valence-electron chi connectivity index (χ1n) is 6.71. The van der Waals surface area contributed by atoms with Crippen molar-refractivity contribution in [2.45, 2.75) is 26.7 Å². The third-order valence-electron chi connectivity index (χ3n) is 3.48. The Morgan fingerprint density at radius 3 is 2.53 bits per heavy atom. The van der Waals surface area contributed by atoms with Crippen LogP contribution >= 0.6 is 0 Å². The van der Waals surface area contributed by atoms with Gasteiger partial charge in [0.1, 0.15) is 0 Å². The molecule has 0 radical (unpaired) electrons. The average molecular weight is 262 g/mol. The third-order valence-corrected chi connectivity index (χ3v) is 5.32. The van der Waals surface area contributed by atoms with Crippen molar-refractivity contribution in [3.8, 4) is 0 Å². The highest BCUT2D eigenvalue weighted by Gasteiger charge is 2.27. The summed E-state index contributed by atoms with van der Waals surface area (Å²) in [6.45, 7) is 9.56. The third kappa shape index (κ3) is 5.84. The molecule has 0 bridgehead atoms. The smallest absolute Gasteiger partial charge is 0.150 e. The SMILES string of the molecule is CCN(CC)CCCNCC1CCS(=O)(=O)C1. The zero-order chi connectivity index (χ0) is 12.7. The van der Waals surface area contributed by atoms with Crippen LogP contribution in [0.1, 0.15) is 26.7 Å². The summed E-state index contributed by atoms with van der Waals surface area (Å²) in [4.78, 5) is 2.40. The van der Waals surface area contributed by atoms with Crippen molar-refractivity contribution in [2.75, 3.05) is 44.2 Å². The second kappa shape index (κ2) is 7.34. The van der Waals surface area contributed by atoms with Crippen LogP contribution in [0.4, 0.5) is 0 Å². The molecule has 17 heavy (non-hydrogen) atoms. The first kappa shape index (κ1) is 14.9. The molecular weight excluding hydrogens is 236 g/mol. The molecule has 1 heterocycles. The minimum absolute atomic E-state index is 0.341. The maximum atomic E-state index is 11.3. The largest absolute Gasteiger partial charge is 0.316 e. The summed E-state index contributed by atoms with van der Waals surface area (Å²) >= 11 is 0. The van der Waals surface area contributed by atoms with E-state index in [1.54, 1.807) is 0 Å². The van der Waals surface area contributed by atoms with Gasteiger partial charge in [0.15, 0.2) is 9.84 Å². The molecule has 1 unspecified atom stereocenters. The highest BCUT2D eigenvalue weighted by molar-refractivity contribution is 7.91. The summed E-state index contributed by atoms with van der Waals surface area (Å²) in [5.41, 5.74) is 0. The van der Waals surface area contributed by atoms with E-state index in [0.717, 1.165) is 45.6 Å². The van der Waals surface area contributed by atoms with Crippen LogP contribution < -0.4 is 5.32 Å². The topological polar surface area (TPSA) is 49.4 Å². The van der Waals surface area contributed by atoms with Gasteiger partial charge >= 0.3 is 0 Å². The first-order valence-corrected chi connectivity index (χ1v) is 8.53.